The standard InChI is InChI=1S/C15H11F2N5O3/c16-9-2-1-8(12(17)5-9)7-21-13-6-10(22(24)25)3-4-11(13)14(20-21)15(23)19-18/h1-6H,7,18H2,(H,19,23). The Morgan fingerprint density at radius 3 is 2.68 bits per heavy atom. The molecule has 0 aliphatic carbocycles. The van der Waals surface area contributed by atoms with E-state index >= 15 is 0 Å². The molecule has 0 saturated heterocycles. The van der Waals surface area contributed by atoms with Crippen LogP contribution < -0.4 is 11.3 Å². The average molecular weight is 347 g/mol. The molecule has 0 fully saturated rings. The van der Waals surface area contributed by atoms with Gasteiger partial charge >= 0.3 is 0 Å². The number of hydrogen-bond donors (Lipinski definition) is 2. The zero-order valence-electron chi connectivity index (χ0n) is 12.6. The summed E-state index contributed by atoms with van der Waals surface area (Å²) in [6.07, 6.45) is 0. The molecule has 0 bridgehead atoms. The average Bonchev–Trinajstić information content (AvgIpc) is 2.94. The number of fused-ring (bicyclic) bond motifs is 1. The van der Waals surface area contributed by atoms with Crippen molar-refractivity contribution < 1.29 is 18.5 Å². The van der Waals surface area contributed by atoms with Crippen LogP contribution in [0.25, 0.3) is 10.9 Å². The predicted molar refractivity (Wildman–Crippen MR) is 83.5 cm³/mol. The molecule has 2 aromatic carbocycles. The molecule has 25 heavy (non-hydrogen) atoms. The van der Waals surface area contributed by atoms with Gasteiger partial charge in [-0.1, -0.05) is 6.07 Å². The summed E-state index contributed by atoms with van der Waals surface area (Å²) in [6.45, 7) is -0.151. The van der Waals surface area contributed by atoms with Crippen LogP contribution in [0.5, 0.6) is 0 Å². The van der Waals surface area contributed by atoms with E-state index in [0.717, 1.165) is 12.1 Å². The van der Waals surface area contributed by atoms with E-state index in [-0.39, 0.29) is 29.0 Å². The second-order valence-corrected chi connectivity index (χ2v) is 5.17. The van der Waals surface area contributed by atoms with Gasteiger partial charge in [-0.3, -0.25) is 25.0 Å². The molecule has 1 amide bonds. The first-order valence-electron chi connectivity index (χ1n) is 7.00. The maximum atomic E-state index is 13.9. The minimum Gasteiger partial charge on any atom is -0.289 e. The number of nitrogens with two attached hydrogens (primary N) is 1. The Hall–Kier alpha value is -3.40. The molecule has 1 aromatic heterocycles. The van der Waals surface area contributed by atoms with Crippen molar-refractivity contribution in [2.45, 2.75) is 6.54 Å². The van der Waals surface area contributed by atoms with E-state index in [1.165, 1.54) is 28.9 Å². The normalized spacial score (nSPS) is 10.8. The summed E-state index contributed by atoms with van der Waals surface area (Å²) >= 11 is 0. The van der Waals surface area contributed by atoms with Crippen LogP contribution in [-0.4, -0.2) is 20.6 Å². The summed E-state index contributed by atoms with van der Waals surface area (Å²) in [5, 5.41) is 15.4. The van der Waals surface area contributed by atoms with Crippen molar-refractivity contribution in [2.75, 3.05) is 0 Å². The third-order valence-electron chi connectivity index (χ3n) is 3.63. The second-order valence-electron chi connectivity index (χ2n) is 5.17. The van der Waals surface area contributed by atoms with Gasteiger partial charge < -0.3 is 0 Å². The summed E-state index contributed by atoms with van der Waals surface area (Å²) in [4.78, 5) is 22.2. The molecule has 0 radical (unpaired) electrons. The van der Waals surface area contributed by atoms with Crippen LogP contribution in [0.2, 0.25) is 0 Å². The number of amides is 1. The van der Waals surface area contributed by atoms with Gasteiger partial charge in [0.05, 0.1) is 17.0 Å². The van der Waals surface area contributed by atoms with Gasteiger partial charge in [0.1, 0.15) is 11.6 Å². The van der Waals surface area contributed by atoms with Crippen molar-refractivity contribution in [3.63, 3.8) is 0 Å². The molecular weight excluding hydrogens is 336 g/mol. The molecule has 0 aliphatic rings. The van der Waals surface area contributed by atoms with Gasteiger partial charge in [-0.05, 0) is 12.1 Å². The summed E-state index contributed by atoms with van der Waals surface area (Å²) in [6, 6.07) is 6.84. The van der Waals surface area contributed by atoms with Crippen LogP contribution in [-0.2, 0) is 6.54 Å². The number of hydrazine groups is 1. The first kappa shape index (κ1) is 16.5. The van der Waals surface area contributed by atoms with E-state index in [1.54, 1.807) is 0 Å². The van der Waals surface area contributed by atoms with Crippen molar-refractivity contribution in [3.05, 3.63) is 69.4 Å². The van der Waals surface area contributed by atoms with E-state index in [2.05, 4.69) is 5.10 Å². The highest BCUT2D eigenvalue weighted by Gasteiger charge is 2.20. The van der Waals surface area contributed by atoms with Gasteiger partial charge in [-0.2, -0.15) is 5.10 Å². The van der Waals surface area contributed by atoms with Crippen LogP contribution >= 0.6 is 0 Å². The number of nitrogens with zero attached hydrogens (tertiary/aromatic N) is 3. The fourth-order valence-electron chi connectivity index (χ4n) is 2.44. The predicted octanol–water partition coefficient (Wildman–Crippen LogP) is 1.87. The molecule has 0 spiro atoms. The lowest BCUT2D eigenvalue weighted by molar-refractivity contribution is -0.384. The number of benzene rings is 2. The number of aromatic nitrogens is 2. The van der Waals surface area contributed by atoms with Crippen molar-refractivity contribution in [2.24, 2.45) is 5.84 Å². The molecule has 0 saturated carbocycles. The lowest BCUT2D eigenvalue weighted by Gasteiger charge is -2.05. The first-order valence-corrected chi connectivity index (χ1v) is 7.00. The summed E-state index contributed by atoms with van der Waals surface area (Å²) in [5.41, 5.74) is 2.01. The number of nitrogens with one attached hydrogen (secondary N) is 1. The van der Waals surface area contributed by atoms with Crippen molar-refractivity contribution in [1.29, 1.82) is 0 Å². The lowest BCUT2D eigenvalue weighted by atomic mass is 10.1. The second kappa shape index (κ2) is 6.24. The Morgan fingerprint density at radius 2 is 2.04 bits per heavy atom. The van der Waals surface area contributed by atoms with Crippen LogP contribution in [0.15, 0.2) is 36.4 Å². The van der Waals surface area contributed by atoms with Crippen molar-refractivity contribution >= 4 is 22.5 Å². The lowest BCUT2D eigenvalue weighted by Crippen LogP contribution is -2.30. The number of nitro groups is 1. The van der Waals surface area contributed by atoms with Gasteiger partial charge in [0, 0.05) is 29.1 Å². The molecule has 3 N–H and O–H groups in total. The van der Waals surface area contributed by atoms with Crippen LogP contribution in [0.3, 0.4) is 0 Å². The fourth-order valence-corrected chi connectivity index (χ4v) is 2.44. The molecule has 10 heteroatoms. The van der Waals surface area contributed by atoms with E-state index in [0.29, 0.717) is 5.39 Å². The number of nitrogen functional groups attached to an aromatic ring is 1. The quantitative estimate of drug-likeness (QED) is 0.323. The van der Waals surface area contributed by atoms with Gasteiger partial charge in [-0.25, -0.2) is 14.6 Å². The maximum Gasteiger partial charge on any atom is 0.286 e. The minimum absolute atomic E-state index is 0.0603. The zero-order chi connectivity index (χ0) is 18.1. The largest absolute Gasteiger partial charge is 0.289 e. The topological polar surface area (TPSA) is 116 Å². The molecule has 0 unspecified atom stereocenters. The number of rotatable bonds is 4. The van der Waals surface area contributed by atoms with Gasteiger partial charge in [0.15, 0.2) is 5.69 Å². The molecule has 0 atom stereocenters. The smallest absolute Gasteiger partial charge is 0.286 e. The monoisotopic (exact) mass is 347 g/mol. The van der Waals surface area contributed by atoms with Crippen LogP contribution in [0, 0.1) is 21.7 Å². The van der Waals surface area contributed by atoms with Crippen LogP contribution in [0.1, 0.15) is 16.1 Å². The van der Waals surface area contributed by atoms with Gasteiger partial charge in [0.2, 0.25) is 0 Å². The zero-order valence-corrected chi connectivity index (χ0v) is 12.6. The Kier molecular flexibility index (Phi) is 4.11. The summed E-state index contributed by atoms with van der Waals surface area (Å²) < 4.78 is 28.1. The number of carbonyl (C=O) groups excluding carboxylic acids is 1. The maximum absolute atomic E-state index is 13.9. The third kappa shape index (κ3) is 3.02. The molecular formula is C15H11F2N5O3. The fraction of sp³-hybridized carbons (Fsp3) is 0.0667. The minimum atomic E-state index is -0.793. The van der Waals surface area contributed by atoms with Gasteiger partial charge in [0.25, 0.3) is 11.6 Å². The number of hydrogen-bond acceptors (Lipinski definition) is 5. The van der Waals surface area contributed by atoms with Gasteiger partial charge in [-0.15, -0.1) is 0 Å². The molecule has 1 heterocycles. The summed E-state index contributed by atoms with van der Waals surface area (Å²) in [5.74, 6) is 2.90. The first-order chi connectivity index (χ1) is 11.9. The Balaban J connectivity index is 2.16. The molecule has 3 rings (SSSR count). The molecule has 8 nitrogen and oxygen atoms in total. The Bertz CT molecular complexity index is 1000. The highest BCUT2D eigenvalue weighted by Crippen LogP contribution is 2.25. The highest BCUT2D eigenvalue weighted by atomic mass is 19.1. The van der Waals surface area contributed by atoms with E-state index in [4.69, 9.17) is 5.84 Å². The number of nitro benzene ring substituents is 1. The number of non-ortho nitro benzene ring substituents is 1. The number of carbonyl (C=O) groups is 1. The Morgan fingerprint density at radius 1 is 1.28 bits per heavy atom. The van der Waals surface area contributed by atoms with Crippen LogP contribution in [0.4, 0.5) is 14.5 Å². The highest BCUT2D eigenvalue weighted by molar-refractivity contribution is 6.05. The molecule has 3 aromatic rings. The van der Waals surface area contributed by atoms with Crippen molar-refractivity contribution in [3.8, 4) is 0 Å². The molecule has 0 aliphatic heterocycles. The third-order valence-corrected chi connectivity index (χ3v) is 3.63. The van der Waals surface area contributed by atoms with Crippen molar-refractivity contribution in [1.82, 2.24) is 15.2 Å². The molecule has 128 valence electrons. The SMILES string of the molecule is NNC(=O)c1nn(Cc2ccc(F)cc2F)c2cc([N+](=O)[O-])ccc12. The van der Waals surface area contributed by atoms with E-state index in [1.807, 2.05) is 5.43 Å². The Labute approximate surface area is 139 Å². The van der Waals surface area contributed by atoms with E-state index in [9.17, 15) is 23.7 Å². The van der Waals surface area contributed by atoms with E-state index < -0.39 is 22.5 Å². The summed E-state index contributed by atoms with van der Waals surface area (Å²) in [7, 11) is 0. The number of halogens is 2.